The summed E-state index contributed by atoms with van der Waals surface area (Å²) in [5.74, 6) is -2.84. The maximum atomic E-state index is 14.8. The van der Waals surface area contributed by atoms with E-state index in [1.165, 1.54) is 18.3 Å². The van der Waals surface area contributed by atoms with E-state index in [2.05, 4.69) is 20.4 Å². The molecule has 1 aromatic carbocycles. The molecule has 3 aromatic heterocycles. The molecule has 0 saturated heterocycles. The molecule has 1 atom stereocenters. The number of alkyl halides is 6. The summed E-state index contributed by atoms with van der Waals surface area (Å²) >= 11 is 0. The van der Waals surface area contributed by atoms with Crippen LogP contribution in [-0.2, 0) is 23.7 Å². The minimum absolute atomic E-state index is 0.0344. The van der Waals surface area contributed by atoms with Gasteiger partial charge in [-0.1, -0.05) is 0 Å². The van der Waals surface area contributed by atoms with Crippen LogP contribution < -0.4 is 16.4 Å². The largest absolute Gasteiger partial charge is 0.480 e. The number of nitrogens with one attached hydrogen (secondary N) is 2. The molecule has 41 heavy (non-hydrogen) atoms. The molecule has 0 amide bonds. The summed E-state index contributed by atoms with van der Waals surface area (Å²) in [7, 11) is 0. The average Bonchev–Trinajstić information content (AvgIpc) is 2.88. The summed E-state index contributed by atoms with van der Waals surface area (Å²) in [6.07, 6.45) is -7.14. The Labute approximate surface area is 223 Å². The molecule has 3 heterocycles. The second-order valence-corrected chi connectivity index (χ2v) is 8.69. The van der Waals surface area contributed by atoms with Crippen molar-refractivity contribution in [3.8, 4) is 11.4 Å². The summed E-state index contributed by atoms with van der Waals surface area (Å²) in [5, 5.41) is 16.6. The molecule has 4 rings (SSSR count). The molecular weight excluding hydrogens is 569 g/mol. The smallest absolute Gasteiger partial charge is 0.423 e. The first-order valence-electron chi connectivity index (χ1n) is 11.5. The fraction of sp³-hybridized carbons (Fsp3) is 0.250. The summed E-state index contributed by atoms with van der Waals surface area (Å²) in [6, 6.07) is 1.88. The highest BCUT2D eigenvalue weighted by atomic mass is 19.4. The molecule has 0 fully saturated rings. The molecule has 0 radical (unpaired) electrons. The van der Waals surface area contributed by atoms with Crippen molar-refractivity contribution in [1.82, 2.24) is 24.7 Å². The first-order chi connectivity index (χ1) is 19.2. The topological polar surface area (TPSA) is 143 Å². The van der Waals surface area contributed by atoms with Gasteiger partial charge >= 0.3 is 18.3 Å². The van der Waals surface area contributed by atoms with Crippen LogP contribution in [-0.4, -0.2) is 41.9 Å². The number of aryl methyl sites for hydroxylation is 1. The number of halogens is 7. The summed E-state index contributed by atoms with van der Waals surface area (Å²) < 4.78 is 94.0. The number of carbonyl (C=O) groups is 1. The number of carboxylic acid groups (broad SMARTS) is 1. The number of nitrogens with zero attached hydrogens (tertiary/aromatic N) is 4. The average molecular weight is 586 g/mol. The Morgan fingerprint density at radius 2 is 1.73 bits per heavy atom. The lowest BCUT2D eigenvalue weighted by Crippen LogP contribution is -2.33. The van der Waals surface area contributed by atoms with Crippen LogP contribution in [0.5, 0.6) is 0 Å². The van der Waals surface area contributed by atoms with Crippen molar-refractivity contribution >= 4 is 22.4 Å². The van der Waals surface area contributed by atoms with Gasteiger partial charge in [0.15, 0.2) is 5.82 Å². The Bertz CT molecular complexity index is 1720. The number of anilines is 1. The first kappa shape index (κ1) is 29.2. The zero-order valence-electron chi connectivity index (χ0n) is 20.3. The molecule has 0 bridgehead atoms. The van der Waals surface area contributed by atoms with Crippen LogP contribution in [0, 0.1) is 5.82 Å². The lowest BCUT2D eigenvalue weighted by atomic mass is 10.1. The Balaban J connectivity index is 1.52. The number of aliphatic carboxylic acids is 1. The molecule has 3 N–H and O–H groups in total. The van der Waals surface area contributed by atoms with Crippen LogP contribution in [0.25, 0.3) is 22.2 Å². The maximum Gasteiger partial charge on any atom is 0.423 e. The summed E-state index contributed by atoms with van der Waals surface area (Å²) in [6.45, 7) is -0.106. The van der Waals surface area contributed by atoms with Gasteiger partial charge in [0.25, 0.3) is 11.1 Å². The molecular formula is C24H17F7N6O4. The summed E-state index contributed by atoms with van der Waals surface area (Å²) in [4.78, 5) is 43.3. The number of benzene rings is 1. The molecule has 4 aromatic rings. The van der Waals surface area contributed by atoms with Gasteiger partial charge in [-0.3, -0.25) is 9.59 Å². The van der Waals surface area contributed by atoms with Gasteiger partial charge < -0.3 is 15.0 Å². The quantitative estimate of drug-likeness (QED) is 0.263. The van der Waals surface area contributed by atoms with E-state index in [1.54, 1.807) is 5.10 Å². The van der Waals surface area contributed by atoms with E-state index in [4.69, 9.17) is 0 Å². The normalized spacial score (nSPS) is 12.9. The molecule has 0 spiro atoms. The minimum Gasteiger partial charge on any atom is -0.480 e. The van der Waals surface area contributed by atoms with E-state index in [9.17, 15) is 50.2 Å². The summed E-state index contributed by atoms with van der Waals surface area (Å²) in [5.41, 5.74) is -6.09. The van der Waals surface area contributed by atoms with Gasteiger partial charge in [-0.15, -0.1) is 0 Å². The van der Waals surface area contributed by atoms with E-state index >= 15 is 0 Å². The number of H-pyrrole nitrogens is 1. The molecule has 0 aliphatic rings. The minimum atomic E-state index is -5.09. The van der Waals surface area contributed by atoms with Crippen molar-refractivity contribution in [3.05, 3.63) is 80.6 Å². The number of hydrogen-bond donors (Lipinski definition) is 3. The van der Waals surface area contributed by atoms with Crippen LogP contribution in [0.4, 0.5) is 36.4 Å². The Morgan fingerprint density at radius 1 is 1.05 bits per heavy atom. The second-order valence-electron chi connectivity index (χ2n) is 8.69. The highest BCUT2D eigenvalue weighted by molar-refractivity contribution is 5.86. The monoisotopic (exact) mass is 586 g/mol. The zero-order chi connectivity index (χ0) is 30.1. The van der Waals surface area contributed by atoms with Crippen LogP contribution in [0.15, 0.2) is 52.6 Å². The van der Waals surface area contributed by atoms with Crippen LogP contribution in [0.2, 0.25) is 0 Å². The van der Waals surface area contributed by atoms with Crippen molar-refractivity contribution < 1.29 is 40.6 Å². The molecule has 0 aliphatic heterocycles. The number of aromatic nitrogens is 5. The third kappa shape index (κ3) is 6.33. The third-order valence-electron chi connectivity index (χ3n) is 5.94. The fourth-order valence-electron chi connectivity index (χ4n) is 3.97. The van der Waals surface area contributed by atoms with Crippen molar-refractivity contribution in [2.75, 3.05) is 5.32 Å². The second kappa shape index (κ2) is 11.0. The first-order valence-corrected chi connectivity index (χ1v) is 11.5. The van der Waals surface area contributed by atoms with Gasteiger partial charge in [-0.25, -0.2) is 24.3 Å². The van der Waals surface area contributed by atoms with E-state index in [0.29, 0.717) is 18.6 Å². The number of pyridine rings is 1. The van der Waals surface area contributed by atoms with Gasteiger partial charge in [0.05, 0.1) is 28.4 Å². The van der Waals surface area contributed by atoms with Crippen molar-refractivity contribution in [2.24, 2.45) is 0 Å². The number of aromatic amines is 1. The molecule has 0 aliphatic carbocycles. The zero-order valence-corrected chi connectivity index (χ0v) is 20.3. The molecule has 10 nitrogen and oxygen atoms in total. The molecule has 0 saturated carbocycles. The van der Waals surface area contributed by atoms with Crippen molar-refractivity contribution in [2.45, 2.75) is 37.8 Å². The van der Waals surface area contributed by atoms with Gasteiger partial charge in [0.2, 0.25) is 0 Å². The van der Waals surface area contributed by atoms with Gasteiger partial charge in [0.1, 0.15) is 17.4 Å². The number of rotatable bonds is 8. The van der Waals surface area contributed by atoms with E-state index < -0.39 is 58.1 Å². The van der Waals surface area contributed by atoms with Crippen molar-refractivity contribution in [1.29, 1.82) is 0 Å². The van der Waals surface area contributed by atoms with Gasteiger partial charge in [-0.2, -0.15) is 31.4 Å². The van der Waals surface area contributed by atoms with Crippen LogP contribution in [0.3, 0.4) is 0 Å². The van der Waals surface area contributed by atoms with Crippen LogP contribution in [0.1, 0.15) is 24.0 Å². The van der Waals surface area contributed by atoms with Crippen molar-refractivity contribution in [3.63, 3.8) is 0 Å². The molecule has 216 valence electrons. The van der Waals surface area contributed by atoms with E-state index in [0.717, 1.165) is 10.6 Å². The number of carboxylic acids is 1. The highest BCUT2D eigenvalue weighted by Crippen LogP contribution is 2.32. The Morgan fingerprint density at radius 3 is 2.34 bits per heavy atom. The van der Waals surface area contributed by atoms with Crippen LogP contribution >= 0.6 is 0 Å². The maximum absolute atomic E-state index is 14.8. The van der Waals surface area contributed by atoms with Gasteiger partial charge in [0, 0.05) is 25.1 Å². The van der Waals surface area contributed by atoms with Gasteiger partial charge in [-0.05, 0) is 36.4 Å². The lowest BCUT2D eigenvalue weighted by molar-refractivity contribution is -0.140. The Hall–Kier alpha value is -4.83. The van der Waals surface area contributed by atoms with E-state index in [1.807, 2.05) is 0 Å². The predicted octanol–water partition coefficient (Wildman–Crippen LogP) is 4.06. The highest BCUT2D eigenvalue weighted by Gasteiger charge is 2.38. The molecule has 17 heteroatoms. The SMILES string of the molecule is O=C(O)[C@@H](CCCn1ccc2cc(-c3ncc(C(F)(F)F)cn3)c(F)cc2c1=O)Nc1cn[nH]c(=O)c1C(F)(F)F. The van der Waals surface area contributed by atoms with E-state index in [-0.39, 0.29) is 41.5 Å². The third-order valence-corrected chi connectivity index (χ3v) is 5.94. The number of fused-ring (bicyclic) bond motifs is 1. The standard InChI is InChI=1S/C24H17F7N6O4/c25-15-7-13-11(6-14(15)19-32-8-12(9-33-19)23(26,27)28)3-5-37(21(13)39)4-1-2-16(22(40)41)35-17-10-34-36-20(38)18(17)24(29,30)31/h3,5-10,16H,1-2,4H2,(H,40,41)(H2,35,36,38)/t16-/m1/s1. The Kier molecular flexibility index (Phi) is 7.81. The fourth-order valence-corrected chi connectivity index (χ4v) is 3.97. The molecule has 0 unspecified atom stereocenters. The lowest BCUT2D eigenvalue weighted by Gasteiger charge is -2.18. The predicted molar refractivity (Wildman–Crippen MR) is 128 cm³/mol. The number of hydrogen-bond acceptors (Lipinski definition) is 7.